The molecular weight excluding hydrogens is 328 g/mol. The van der Waals surface area contributed by atoms with E-state index in [0.717, 1.165) is 24.8 Å². The van der Waals surface area contributed by atoms with Gasteiger partial charge in [0.2, 0.25) is 0 Å². The molecule has 1 aromatic carbocycles. The molecule has 1 aliphatic heterocycles. The van der Waals surface area contributed by atoms with E-state index < -0.39 is 5.63 Å². The van der Waals surface area contributed by atoms with Crippen molar-refractivity contribution in [3.05, 3.63) is 45.8 Å². The Morgan fingerprint density at radius 2 is 2.12 bits per heavy atom. The highest BCUT2D eigenvalue weighted by Crippen LogP contribution is 2.22. The minimum absolute atomic E-state index is 0. The monoisotopic (exact) mass is 350 g/mol. The van der Waals surface area contributed by atoms with Gasteiger partial charge in [0.1, 0.15) is 11.1 Å². The maximum atomic E-state index is 12.9. The van der Waals surface area contributed by atoms with Crippen molar-refractivity contribution in [3.63, 3.8) is 0 Å². The number of para-hydroxylation sites is 1. The van der Waals surface area contributed by atoms with Gasteiger partial charge in [-0.3, -0.25) is 4.79 Å². The van der Waals surface area contributed by atoms with Gasteiger partial charge in [0.25, 0.3) is 5.91 Å². The summed E-state index contributed by atoms with van der Waals surface area (Å²) in [6, 6.07) is 7.33. The van der Waals surface area contributed by atoms with E-state index in [1.807, 2.05) is 32.2 Å². The van der Waals surface area contributed by atoms with Gasteiger partial charge in [0.15, 0.2) is 0 Å². The molecule has 1 aromatic heterocycles. The number of nitrogens with one attached hydrogen (secondary N) is 1. The second kappa shape index (κ2) is 7.81. The average molecular weight is 351 g/mol. The van der Waals surface area contributed by atoms with Gasteiger partial charge in [0.05, 0.1) is 0 Å². The summed E-state index contributed by atoms with van der Waals surface area (Å²) in [5, 5.41) is 3.98. The number of fused-ring (bicyclic) bond motifs is 1. The molecule has 0 saturated carbocycles. The minimum Gasteiger partial charge on any atom is -0.422 e. The molecule has 0 radical (unpaired) electrons. The highest BCUT2D eigenvalue weighted by molar-refractivity contribution is 5.99. The molecule has 130 valence electrons. The van der Waals surface area contributed by atoms with Crippen LogP contribution in [-0.2, 0) is 0 Å². The molecule has 0 aliphatic carbocycles. The Bertz CT molecular complexity index is 785. The maximum Gasteiger partial charge on any atom is 0.349 e. The topological polar surface area (TPSA) is 62.6 Å². The molecule has 1 amide bonds. The van der Waals surface area contributed by atoms with E-state index in [9.17, 15) is 9.59 Å². The SMILES string of the molecule is CNCC1CCCN(C(=O)c2c(C)c3ccccc3oc2=O)C1.Cl. The molecule has 2 heterocycles. The van der Waals surface area contributed by atoms with Crippen molar-refractivity contribution in [2.75, 3.05) is 26.7 Å². The third-order valence-corrected chi connectivity index (χ3v) is 4.59. The van der Waals surface area contributed by atoms with Crippen LogP contribution in [0.2, 0.25) is 0 Å². The Kier molecular flexibility index (Phi) is 6.02. The molecule has 5 nitrogen and oxygen atoms in total. The number of benzene rings is 1. The molecule has 0 bridgehead atoms. The second-order valence-electron chi connectivity index (χ2n) is 6.20. The van der Waals surface area contributed by atoms with Crippen molar-refractivity contribution in [2.24, 2.45) is 5.92 Å². The number of likely N-dealkylation sites (tertiary alicyclic amines) is 1. The molecule has 24 heavy (non-hydrogen) atoms. The van der Waals surface area contributed by atoms with E-state index in [-0.39, 0.29) is 23.9 Å². The second-order valence-corrected chi connectivity index (χ2v) is 6.20. The Hall–Kier alpha value is -1.85. The van der Waals surface area contributed by atoms with Gasteiger partial charge in [-0.25, -0.2) is 4.79 Å². The predicted octanol–water partition coefficient (Wildman–Crippen LogP) is 2.59. The Balaban J connectivity index is 0.00000208. The Morgan fingerprint density at radius 1 is 1.38 bits per heavy atom. The van der Waals surface area contributed by atoms with E-state index in [2.05, 4.69) is 5.32 Å². The normalized spacial score (nSPS) is 17.6. The van der Waals surface area contributed by atoms with Crippen molar-refractivity contribution >= 4 is 29.3 Å². The molecule has 2 aromatic rings. The lowest BCUT2D eigenvalue weighted by molar-refractivity contribution is 0.0669. The molecule has 0 spiro atoms. The number of nitrogens with zero attached hydrogens (tertiary/aromatic N) is 1. The van der Waals surface area contributed by atoms with Gasteiger partial charge in [-0.1, -0.05) is 18.2 Å². The molecule has 1 unspecified atom stereocenters. The van der Waals surface area contributed by atoms with E-state index in [1.54, 1.807) is 11.0 Å². The van der Waals surface area contributed by atoms with E-state index in [0.29, 0.717) is 30.2 Å². The highest BCUT2D eigenvalue weighted by Gasteiger charge is 2.28. The first kappa shape index (κ1) is 18.5. The molecule has 1 atom stereocenters. The summed E-state index contributed by atoms with van der Waals surface area (Å²) in [6.45, 7) is 4.09. The number of carbonyl (C=O) groups is 1. The third kappa shape index (κ3) is 3.47. The first-order valence-corrected chi connectivity index (χ1v) is 8.08. The minimum atomic E-state index is -0.540. The van der Waals surface area contributed by atoms with Crippen molar-refractivity contribution in [1.82, 2.24) is 10.2 Å². The van der Waals surface area contributed by atoms with Crippen LogP contribution in [0.25, 0.3) is 11.0 Å². The molecular formula is C18H23ClN2O3. The smallest absolute Gasteiger partial charge is 0.349 e. The van der Waals surface area contributed by atoms with Crippen LogP contribution in [-0.4, -0.2) is 37.5 Å². The highest BCUT2D eigenvalue weighted by atomic mass is 35.5. The van der Waals surface area contributed by atoms with Crippen LogP contribution in [0.15, 0.2) is 33.5 Å². The largest absolute Gasteiger partial charge is 0.422 e. The van der Waals surface area contributed by atoms with Crippen LogP contribution in [0.3, 0.4) is 0 Å². The number of halogens is 1. The average Bonchev–Trinajstić information content (AvgIpc) is 2.55. The predicted molar refractivity (Wildman–Crippen MR) is 97.0 cm³/mol. The first-order chi connectivity index (χ1) is 11.1. The molecule has 1 N–H and O–H groups in total. The molecule has 3 rings (SSSR count). The van der Waals surface area contributed by atoms with E-state index >= 15 is 0 Å². The fraction of sp³-hybridized carbons (Fsp3) is 0.444. The first-order valence-electron chi connectivity index (χ1n) is 8.08. The van der Waals surface area contributed by atoms with Crippen molar-refractivity contribution < 1.29 is 9.21 Å². The lowest BCUT2D eigenvalue weighted by Gasteiger charge is -2.32. The van der Waals surface area contributed by atoms with Crippen LogP contribution in [0, 0.1) is 12.8 Å². The van der Waals surface area contributed by atoms with Gasteiger partial charge in [-0.05, 0) is 50.9 Å². The Morgan fingerprint density at radius 3 is 2.88 bits per heavy atom. The molecule has 1 fully saturated rings. The summed E-state index contributed by atoms with van der Waals surface area (Å²) in [5.74, 6) is 0.230. The number of hydrogen-bond donors (Lipinski definition) is 1. The summed E-state index contributed by atoms with van der Waals surface area (Å²) < 4.78 is 5.34. The number of piperidine rings is 1. The zero-order chi connectivity index (χ0) is 16.4. The zero-order valence-corrected chi connectivity index (χ0v) is 14.8. The number of aryl methyl sites for hydroxylation is 1. The van der Waals surface area contributed by atoms with Crippen molar-refractivity contribution in [2.45, 2.75) is 19.8 Å². The zero-order valence-electron chi connectivity index (χ0n) is 14.0. The fourth-order valence-electron chi connectivity index (χ4n) is 3.41. The van der Waals surface area contributed by atoms with Crippen LogP contribution in [0.4, 0.5) is 0 Å². The van der Waals surface area contributed by atoms with Crippen molar-refractivity contribution in [3.8, 4) is 0 Å². The Labute approximate surface area is 147 Å². The van der Waals surface area contributed by atoms with Gasteiger partial charge >= 0.3 is 5.63 Å². The lowest BCUT2D eigenvalue weighted by Crippen LogP contribution is -2.44. The summed E-state index contributed by atoms with van der Waals surface area (Å²) in [7, 11) is 1.92. The molecule has 6 heteroatoms. The number of amides is 1. The fourth-order valence-corrected chi connectivity index (χ4v) is 3.41. The standard InChI is InChI=1S/C18H22N2O3.ClH/c1-12-14-7-3-4-8-15(14)23-18(22)16(12)17(21)20-9-5-6-13(11-20)10-19-2;/h3-4,7-8,13,19H,5-6,9-11H2,1-2H3;1H. The summed E-state index contributed by atoms with van der Waals surface area (Å²) in [5.41, 5.74) is 0.867. The van der Waals surface area contributed by atoms with Gasteiger partial charge < -0.3 is 14.6 Å². The number of rotatable bonds is 3. The summed E-state index contributed by atoms with van der Waals surface area (Å²) >= 11 is 0. The number of hydrogen-bond acceptors (Lipinski definition) is 4. The van der Waals surface area contributed by atoms with Gasteiger partial charge in [-0.2, -0.15) is 0 Å². The van der Waals surface area contributed by atoms with Crippen LogP contribution < -0.4 is 10.9 Å². The van der Waals surface area contributed by atoms with Crippen LogP contribution in [0.5, 0.6) is 0 Å². The lowest BCUT2D eigenvalue weighted by atomic mass is 9.96. The van der Waals surface area contributed by atoms with Gasteiger partial charge in [0, 0.05) is 18.5 Å². The summed E-state index contributed by atoms with van der Waals surface area (Å²) in [4.78, 5) is 27.0. The van der Waals surface area contributed by atoms with E-state index in [4.69, 9.17) is 4.42 Å². The molecule has 1 aliphatic rings. The molecule has 1 saturated heterocycles. The van der Waals surface area contributed by atoms with Crippen LogP contribution in [0.1, 0.15) is 28.8 Å². The quantitative estimate of drug-likeness (QED) is 0.864. The van der Waals surface area contributed by atoms with E-state index in [1.165, 1.54) is 0 Å². The van der Waals surface area contributed by atoms with Gasteiger partial charge in [-0.15, -0.1) is 12.4 Å². The van der Waals surface area contributed by atoms with Crippen molar-refractivity contribution in [1.29, 1.82) is 0 Å². The third-order valence-electron chi connectivity index (χ3n) is 4.59. The number of carbonyl (C=O) groups excluding carboxylic acids is 1. The maximum absolute atomic E-state index is 12.9. The summed E-state index contributed by atoms with van der Waals surface area (Å²) in [6.07, 6.45) is 2.08. The van der Waals surface area contributed by atoms with Crippen LogP contribution >= 0.6 is 12.4 Å².